The van der Waals surface area contributed by atoms with Gasteiger partial charge in [0.25, 0.3) is 0 Å². The molecule has 0 aliphatic rings. The highest BCUT2D eigenvalue weighted by Crippen LogP contribution is 1.99. The average molecular weight is 393 g/mol. The number of hydrogen-bond donors (Lipinski definition) is 1. The van der Waals surface area contributed by atoms with Gasteiger partial charge in [-0.2, -0.15) is 5.10 Å². The number of hydrogen-bond acceptors (Lipinski definition) is 2. The third kappa shape index (κ3) is 7.12. The van der Waals surface area contributed by atoms with E-state index in [0.717, 1.165) is 25.6 Å². The molecule has 1 atom stereocenters. The molecule has 20 heavy (non-hydrogen) atoms. The van der Waals surface area contributed by atoms with E-state index in [0.29, 0.717) is 5.92 Å². The van der Waals surface area contributed by atoms with Crippen LogP contribution in [0, 0.1) is 5.92 Å². The molecule has 1 aromatic heterocycles. The van der Waals surface area contributed by atoms with Gasteiger partial charge >= 0.3 is 0 Å². The first-order valence-electron chi connectivity index (χ1n) is 7.06. The molecule has 6 heteroatoms. The number of aromatic nitrogens is 2. The van der Waals surface area contributed by atoms with Gasteiger partial charge in [-0.15, -0.1) is 24.0 Å². The Bertz CT molecular complexity index is 364. The van der Waals surface area contributed by atoms with Crippen molar-refractivity contribution >= 4 is 29.9 Å². The Hall–Kier alpha value is -0.790. The molecule has 0 aliphatic heterocycles. The van der Waals surface area contributed by atoms with Gasteiger partial charge in [0.15, 0.2) is 5.96 Å². The van der Waals surface area contributed by atoms with E-state index in [2.05, 4.69) is 41.2 Å². The third-order valence-corrected chi connectivity index (χ3v) is 3.09. The van der Waals surface area contributed by atoms with E-state index >= 15 is 0 Å². The van der Waals surface area contributed by atoms with Crippen molar-refractivity contribution in [2.45, 2.75) is 33.2 Å². The van der Waals surface area contributed by atoms with E-state index in [1.807, 2.05) is 30.2 Å². The number of aliphatic imine (C=N–C) groups is 1. The minimum absolute atomic E-state index is 0. The van der Waals surface area contributed by atoms with Gasteiger partial charge in [-0.25, -0.2) is 0 Å². The van der Waals surface area contributed by atoms with Crippen LogP contribution in [0.4, 0.5) is 0 Å². The van der Waals surface area contributed by atoms with Gasteiger partial charge in [0.1, 0.15) is 0 Å². The summed E-state index contributed by atoms with van der Waals surface area (Å²) in [5.41, 5.74) is 0. The molecule has 0 spiro atoms. The Morgan fingerprint density at radius 2 is 2.25 bits per heavy atom. The molecule has 0 amide bonds. The summed E-state index contributed by atoms with van der Waals surface area (Å²) in [5, 5.41) is 7.65. The van der Waals surface area contributed by atoms with Gasteiger partial charge in [0, 0.05) is 46.1 Å². The van der Waals surface area contributed by atoms with Gasteiger partial charge in [-0.05, 0) is 18.4 Å². The van der Waals surface area contributed by atoms with Crippen LogP contribution in [0.1, 0.15) is 26.7 Å². The predicted octanol–water partition coefficient (Wildman–Crippen LogP) is 2.44. The Labute approximate surface area is 139 Å². The maximum Gasteiger partial charge on any atom is 0.193 e. The lowest BCUT2D eigenvalue weighted by atomic mass is 10.2. The van der Waals surface area contributed by atoms with E-state index < -0.39 is 0 Å². The lowest BCUT2D eigenvalue weighted by Gasteiger charge is -2.23. The lowest BCUT2D eigenvalue weighted by Crippen LogP contribution is -2.41. The minimum Gasteiger partial charge on any atom is -0.356 e. The number of guanidine groups is 1. The SMILES string of the molecule is CCCCN(C)C(=NC)NCC(C)Cn1cccn1.I. The molecular weight excluding hydrogens is 365 g/mol. The molecular formula is C14H28IN5. The van der Waals surface area contributed by atoms with Crippen molar-refractivity contribution in [3.63, 3.8) is 0 Å². The number of rotatable bonds is 7. The molecule has 0 aromatic carbocycles. The normalized spacial score (nSPS) is 12.7. The van der Waals surface area contributed by atoms with Crippen molar-refractivity contribution in [3.8, 4) is 0 Å². The molecule has 0 radical (unpaired) electrons. The Morgan fingerprint density at radius 3 is 2.80 bits per heavy atom. The van der Waals surface area contributed by atoms with Crippen molar-refractivity contribution < 1.29 is 0 Å². The largest absolute Gasteiger partial charge is 0.356 e. The number of unbranched alkanes of at least 4 members (excludes halogenated alkanes) is 1. The summed E-state index contributed by atoms with van der Waals surface area (Å²) < 4.78 is 1.97. The second-order valence-electron chi connectivity index (χ2n) is 5.04. The van der Waals surface area contributed by atoms with Crippen molar-refractivity contribution in [1.29, 1.82) is 0 Å². The van der Waals surface area contributed by atoms with Gasteiger partial charge in [-0.3, -0.25) is 9.67 Å². The Balaban J connectivity index is 0.00000361. The van der Waals surface area contributed by atoms with Crippen molar-refractivity contribution in [3.05, 3.63) is 18.5 Å². The van der Waals surface area contributed by atoms with Crippen LogP contribution in [0.15, 0.2) is 23.5 Å². The molecule has 0 bridgehead atoms. The monoisotopic (exact) mass is 393 g/mol. The maximum atomic E-state index is 4.32. The van der Waals surface area contributed by atoms with E-state index in [9.17, 15) is 0 Å². The molecule has 0 saturated heterocycles. The smallest absolute Gasteiger partial charge is 0.193 e. The highest BCUT2D eigenvalue weighted by Gasteiger charge is 2.08. The first-order valence-corrected chi connectivity index (χ1v) is 7.06. The highest BCUT2D eigenvalue weighted by molar-refractivity contribution is 14.0. The van der Waals surface area contributed by atoms with Gasteiger partial charge in [0.2, 0.25) is 0 Å². The molecule has 1 unspecified atom stereocenters. The molecule has 0 aliphatic carbocycles. The van der Waals surface area contributed by atoms with Crippen molar-refractivity contribution in [1.82, 2.24) is 20.0 Å². The van der Waals surface area contributed by atoms with E-state index in [-0.39, 0.29) is 24.0 Å². The Kier molecular flexibility index (Phi) is 10.5. The zero-order chi connectivity index (χ0) is 14.1. The summed E-state index contributed by atoms with van der Waals surface area (Å²) in [5.74, 6) is 1.48. The summed E-state index contributed by atoms with van der Waals surface area (Å²) in [6.07, 6.45) is 6.22. The van der Waals surface area contributed by atoms with Crippen LogP contribution in [0.25, 0.3) is 0 Å². The van der Waals surface area contributed by atoms with E-state index in [1.54, 1.807) is 0 Å². The quantitative estimate of drug-likeness (QED) is 0.440. The topological polar surface area (TPSA) is 45.5 Å². The summed E-state index contributed by atoms with van der Waals surface area (Å²) in [6.45, 7) is 7.30. The number of nitrogens with zero attached hydrogens (tertiary/aromatic N) is 4. The van der Waals surface area contributed by atoms with Crippen molar-refractivity contribution in [2.24, 2.45) is 10.9 Å². The van der Waals surface area contributed by atoms with Gasteiger partial charge in [-0.1, -0.05) is 20.3 Å². The first kappa shape index (κ1) is 19.2. The Morgan fingerprint density at radius 1 is 1.50 bits per heavy atom. The van der Waals surface area contributed by atoms with Gasteiger partial charge in [0.05, 0.1) is 0 Å². The van der Waals surface area contributed by atoms with Crippen LogP contribution >= 0.6 is 24.0 Å². The average Bonchev–Trinajstić information content (AvgIpc) is 2.89. The maximum absolute atomic E-state index is 4.32. The second kappa shape index (κ2) is 10.9. The molecule has 1 heterocycles. The molecule has 1 N–H and O–H groups in total. The van der Waals surface area contributed by atoms with Crippen LogP contribution in [-0.2, 0) is 6.54 Å². The molecule has 1 rings (SSSR count). The summed E-state index contributed by atoms with van der Waals surface area (Å²) in [7, 11) is 3.92. The molecule has 5 nitrogen and oxygen atoms in total. The summed E-state index contributed by atoms with van der Waals surface area (Å²) >= 11 is 0. The van der Waals surface area contributed by atoms with Crippen molar-refractivity contribution in [2.75, 3.05) is 27.2 Å². The summed E-state index contributed by atoms with van der Waals surface area (Å²) in [4.78, 5) is 6.50. The highest BCUT2D eigenvalue weighted by atomic mass is 127. The molecule has 116 valence electrons. The lowest BCUT2D eigenvalue weighted by molar-refractivity contribution is 0.421. The van der Waals surface area contributed by atoms with E-state index in [4.69, 9.17) is 0 Å². The zero-order valence-corrected chi connectivity index (χ0v) is 15.4. The first-order chi connectivity index (χ1) is 9.17. The second-order valence-corrected chi connectivity index (χ2v) is 5.04. The number of halogens is 1. The molecule has 1 aromatic rings. The van der Waals surface area contributed by atoms with E-state index in [1.165, 1.54) is 12.8 Å². The minimum atomic E-state index is 0. The fraction of sp³-hybridized carbons (Fsp3) is 0.714. The van der Waals surface area contributed by atoms with Crippen LogP contribution in [-0.4, -0.2) is 47.8 Å². The fourth-order valence-electron chi connectivity index (χ4n) is 1.94. The predicted molar refractivity (Wildman–Crippen MR) is 95.7 cm³/mol. The molecule has 0 saturated carbocycles. The summed E-state index contributed by atoms with van der Waals surface area (Å²) in [6, 6.07) is 1.96. The standard InChI is InChI=1S/C14H27N5.HI/c1-5-6-9-18(4)14(15-3)16-11-13(2)12-19-10-7-8-17-19;/h7-8,10,13H,5-6,9,11-12H2,1-4H3,(H,15,16);1H. The number of nitrogens with one attached hydrogen (secondary N) is 1. The van der Waals surface area contributed by atoms with Crippen LogP contribution in [0.2, 0.25) is 0 Å². The van der Waals surface area contributed by atoms with Crippen LogP contribution < -0.4 is 5.32 Å². The fourth-order valence-corrected chi connectivity index (χ4v) is 1.94. The zero-order valence-electron chi connectivity index (χ0n) is 13.0. The van der Waals surface area contributed by atoms with Crippen LogP contribution in [0.3, 0.4) is 0 Å². The van der Waals surface area contributed by atoms with Crippen LogP contribution in [0.5, 0.6) is 0 Å². The van der Waals surface area contributed by atoms with Gasteiger partial charge < -0.3 is 10.2 Å². The molecule has 0 fully saturated rings. The third-order valence-electron chi connectivity index (χ3n) is 3.09.